The van der Waals surface area contributed by atoms with E-state index < -0.39 is 0 Å². The zero-order valence-electron chi connectivity index (χ0n) is 24.2. The van der Waals surface area contributed by atoms with Crippen molar-refractivity contribution in [2.75, 3.05) is 4.90 Å². The largest absolute Gasteiger partial charge is 0.456 e. The van der Waals surface area contributed by atoms with Crippen LogP contribution >= 0.6 is 0 Å². The number of oxazole rings is 1. The molecule has 0 aliphatic heterocycles. The molecule has 0 saturated heterocycles. The van der Waals surface area contributed by atoms with Crippen LogP contribution in [0.25, 0.3) is 66.4 Å². The van der Waals surface area contributed by atoms with Crippen LogP contribution in [0.4, 0.5) is 17.1 Å². The molecule has 4 nitrogen and oxygen atoms in total. The van der Waals surface area contributed by atoms with Crippen LogP contribution in [0.3, 0.4) is 0 Å². The predicted molar refractivity (Wildman–Crippen MR) is 184 cm³/mol. The van der Waals surface area contributed by atoms with E-state index in [-0.39, 0.29) is 0 Å². The molecule has 0 amide bonds. The van der Waals surface area contributed by atoms with Gasteiger partial charge in [-0.05, 0) is 82.6 Å². The van der Waals surface area contributed by atoms with Crippen LogP contribution in [-0.2, 0) is 0 Å². The van der Waals surface area contributed by atoms with Gasteiger partial charge in [0.05, 0.1) is 5.39 Å². The van der Waals surface area contributed by atoms with Gasteiger partial charge in [0.15, 0.2) is 5.58 Å². The maximum atomic E-state index is 6.45. The molecular formula is C41H26N2O2. The molecule has 9 aromatic rings. The van der Waals surface area contributed by atoms with Crippen LogP contribution in [0, 0.1) is 0 Å². The van der Waals surface area contributed by atoms with Crippen LogP contribution in [0.2, 0.25) is 0 Å². The molecule has 9 rings (SSSR count). The molecule has 4 heteroatoms. The van der Waals surface area contributed by atoms with Gasteiger partial charge in [0.25, 0.3) is 0 Å². The number of anilines is 3. The third-order valence-corrected chi connectivity index (χ3v) is 8.50. The van der Waals surface area contributed by atoms with E-state index in [4.69, 9.17) is 13.8 Å². The molecule has 0 unspecified atom stereocenters. The zero-order valence-corrected chi connectivity index (χ0v) is 24.2. The highest BCUT2D eigenvalue weighted by Crippen LogP contribution is 2.41. The fourth-order valence-electron chi connectivity index (χ4n) is 6.38. The van der Waals surface area contributed by atoms with Gasteiger partial charge in [0, 0.05) is 34.1 Å². The van der Waals surface area contributed by atoms with Crippen LogP contribution < -0.4 is 4.90 Å². The maximum Gasteiger partial charge on any atom is 0.227 e. The highest BCUT2D eigenvalue weighted by Gasteiger charge is 2.19. The smallest absolute Gasteiger partial charge is 0.227 e. The quantitative estimate of drug-likeness (QED) is 0.204. The molecule has 0 atom stereocenters. The second-order valence-corrected chi connectivity index (χ2v) is 11.2. The molecule has 0 N–H and O–H groups in total. The lowest BCUT2D eigenvalue weighted by molar-refractivity contribution is 0.619. The number of hydrogen-bond donors (Lipinski definition) is 0. The van der Waals surface area contributed by atoms with E-state index in [0.29, 0.717) is 5.89 Å². The summed E-state index contributed by atoms with van der Waals surface area (Å²) in [5.41, 5.74) is 9.62. The second-order valence-electron chi connectivity index (χ2n) is 11.2. The topological polar surface area (TPSA) is 42.4 Å². The summed E-state index contributed by atoms with van der Waals surface area (Å²) in [7, 11) is 0. The summed E-state index contributed by atoms with van der Waals surface area (Å²) in [6.07, 6.45) is 0. The number of rotatable bonds is 5. The highest BCUT2D eigenvalue weighted by molar-refractivity contribution is 6.17. The number of nitrogens with zero attached hydrogens (tertiary/aromatic N) is 2. The minimum absolute atomic E-state index is 0.603. The van der Waals surface area contributed by atoms with Crippen molar-refractivity contribution in [1.29, 1.82) is 0 Å². The van der Waals surface area contributed by atoms with E-state index in [1.807, 2.05) is 48.5 Å². The average Bonchev–Trinajstić information content (AvgIpc) is 3.71. The van der Waals surface area contributed by atoms with Gasteiger partial charge in [-0.25, -0.2) is 4.98 Å². The minimum atomic E-state index is 0.603. The number of aromatic nitrogens is 1. The third kappa shape index (κ3) is 4.27. The molecular weight excluding hydrogens is 552 g/mol. The van der Waals surface area contributed by atoms with Crippen molar-refractivity contribution in [3.63, 3.8) is 0 Å². The summed E-state index contributed by atoms with van der Waals surface area (Å²) in [4.78, 5) is 7.16. The van der Waals surface area contributed by atoms with E-state index >= 15 is 0 Å². The Bertz CT molecular complexity index is 2470. The fraction of sp³-hybridized carbons (Fsp3) is 0. The van der Waals surface area contributed by atoms with Gasteiger partial charge in [-0.1, -0.05) is 91.0 Å². The number of benzene rings is 7. The Morgan fingerprint density at radius 2 is 1.13 bits per heavy atom. The number of furan rings is 1. The molecule has 7 aromatic carbocycles. The van der Waals surface area contributed by atoms with Crippen LogP contribution in [0.5, 0.6) is 0 Å². The summed E-state index contributed by atoms with van der Waals surface area (Å²) in [6, 6.07) is 54.5. The van der Waals surface area contributed by atoms with Crippen molar-refractivity contribution in [3.05, 3.63) is 158 Å². The van der Waals surface area contributed by atoms with Crippen molar-refractivity contribution in [1.82, 2.24) is 4.98 Å². The molecule has 0 radical (unpaired) electrons. The van der Waals surface area contributed by atoms with Crippen molar-refractivity contribution < 1.29 is 8.83 Å². The van der Waals surface area contributed by atoms with Crippen LogP contribution in [-0.4, -0.2) is 4.98 Å². The lowest BCUT2D eigenvalue weighted by Crippen LogP contribution is -2.09. The Morgan fingerprint density at radius 3 is 1.98 bits per heavy atom. The van der Waals surface area contributed by atoms with Crippen molar-refractivity contribution in [3.8, 4) is 22.6 Å². The van der Waals surface area contributed by atoms with E-state index in [9.17, 15) is 0 Å². The number of para-hydroxylation sites is 1. The first-order valence-electron chi connectivity index (χ1n) is 15.0. The molecule has 0 aliphatic carbocycles. The predicted octanol–water partition coefficient (Wildman–Crippen LogP) is 11.7. The molecule has 0 aliphatic rings. The van der Waals surface area contributed by atoms with Crippen LogP contribution in [0.15, 0.2) is 167 Å². The van der Waals surface area contributed by atoms with Gasteiger partial charge < -0.3 is 13.7 Å². The van der Waals surface area contributed by atoms with Gasteiger partial charge in [-0.15, -0.1) is 0 Å². The number of fused-ring (bicyclic) bond motifs is 6. The molecule has 2 heterocycles. The summed E-state index contributed by atoms with van der Waals surface area (Å²) >= 11 is 0. The van der Waals surface area contributed by atoms with Gasteiger partial charge in [-0.3, -0.25) is 0 Å². The molecule has 2 aromatic heterocycles. The lowest BCUT2D eigenvalue weighted by Gasteiger charge is -2.25. The van der Waals surface area contributed by atoms with Crippen molar-refractivity contribution in [2.24, 2.45) is 0 Å². The summed E-state index contributed by atoms with van der Waals surface area (Å²) < 4.78 is 12.6. The SMILES string of the molecule is c1ccc(-c2nc3c(ccc4oc5cc(N(c6ccccc6)c6ccc(-c7cccc8ccccc78)cc6)ccc5c43)o2)cc1. The standard InChI is InChI=1S/C41H26N2O2/c1-3-11-29(12-4-1)41-42-40-37(45-41)25-24-36-39(40)35-23-22-32(26-38(35)44-36)43(30-14-5-2-6-15-30)31-20-18-28(19-21-31)34-17-9-13-27-10-7-8-16-33(27)34/h1-26H. The molecule has 45 heavy (non-hydrogen) atoms. The van der Waals surface area contributed by atoms with Crippen LogP contribution in [0.1, 0.15) is 0 Å². The Labute approximate surface area is 259 Å². The third-order valence-electron chi connectivity index (χ3n) is 8.50. The molecule has 212 valence electrons. The first kappa shape index (κ1) is 25.4. The molecule has 0 bridgehead atoms. The summed E-state index contributed by atoms with van der Waals surface area (Å²) in [5, 5.41) is 4.46. The van der Waals surface area contributed by atoms with Gasteiger partial charge >= 0.3 is 0 Å². The van der Waals surface area contributed by atoms with E-state index in [1.165, 1.54) is 21.9 Å². The Kier molecular flexibility index (Phi) is 5.78. The first-order chi connectivity index (χ1) is 22.3. The Hall–Kier alpha value is -6.13. The summed E-state index contributed by atoms with van der Waals surface area (Å²) in [6.45, 7) is 0. The fourth-order valence-corrected chi connectivity index (χ4v) is 6.38. The van der Waals surface area contributed by atoms with Gasteiger partial charge in [0.1, 0.15) is 16.7 Å². The normalized spacial score (nSPS) is 11.6. The van der Waals surface area contributed by atoms with Crippen molar-refractivity contribution in [2.45, 2.75) is 0 Å². The van der Waals surface area contributed by atoms with E-state index in [0.717, 1.165) is 55.7 Å². The Balaban J connectivity index is 1.16. The second kappa shape index (κ2) is 10.2. The van der Waals surface area contributed by atoms with E-state index in [2.05, 4.69) is 114 Å². The molecule has 0 saturated carbocycles. The van der Waals surface area contributed by atoms with Gasteiger partial charge in [-0.2, -0.15) is 0 Å². The monoisotopic (exact) mass is 578 g/mol. The summed E-state index contributed by atoms with van der Waals surface area (Å²) in [5.74, 6) is 0.603. The van der Waals surface area contributed by atoms with E-state index in [1.54, 1.807) is 0 Å². The molecule has 0 spiro atoms. The minimum Gasteiger partial charge on any atom is -0.456 e. The van der Waals surface area contributed by atoms with Gasteiger partial charge in [0.2, 0.25) is 5.89 Å². The highest BCUT2D eigenvalue weighted by atomic mass is 16.4. The first-order valence-corrected chi connectivity index (χ1v) is 15.0. The molecule has 0 fully saturated rings. The Morgan fingerprint density at radius 1 is 0.444 bits per heavy atom. The zero-order chi connectivity index (χ0) is 29.7. The van der Waals surface area contributed by atoms with Crippen molar-refractivity contribution >= 4 is 60.9 Å². The number of hydrogen-bond acceptors (Lipinski definition) is 4. The lowest BCUT2D eigenvalue weighted by atomic mass is 9.98. The maximum absolute atomic E-state index is 6.45. The average molecular weight is 579 g/mol.